The number of carbonyl (C=O) groups excluding carboxylic acids is 1. The van der Waals surface area contributed by atoms with Crippen molar-refractivity contribution in [1.82, 2.24) is 14.6 Å². The highest BCUT2D eigenvalue weighted by Crippen LogP contribution is 2.25. The molecule has 1 aliphatic heterocycles. The largest absolute Gasteiger partial charge is 0.341 e. The minimum atomic E-state index is -0.219. The molecule has 1 atom stereocenters. The first-order valence-corrected chi connectivity index (χ1v) is 10.4. The van der Waals surface area contributed by atoms with Gasteiger partial charge in [0.05, 0.1) is 6.04 Å². The van der Waals surface area contributed by atoms with E-state index in [9.17, 15) is 4.79 Å². The van der Waals surface area contributed by atoms with Crippen LogP contribution in [-0.2, 0) is 4.79 Å². The summed E-state index contributed by atoms with van der Waals surface area (Å²) in [6, 6.07) is 12.0. The van der Waals surface area contributed by atoms with Crippen molar-refractivity contribution in [2.75, 3.05) is 19.6 Å². The third-order valence-corrected chi connectivity index (χ3v) is 6.02. The van der Waals surface area contributed by atoms with Gasteiger partial charge in [0.25, 0.3) is 0 Å². The number of amides is 1. The molecule has 0 spiro atoms. The Balaban J connectivity index is 1.52. The molecular weight excluding hydrogens is 356 g/mol. The average molecular weight is 385 g/mol. The molecule has 2 aromatic rings. The van der Waals surface area contributed by atoms with E-state index in [2.05, 4.69) is 21.8 Å². The summed E-state index contributed by atoms with van der Waals surface area (Å²) in [5.41, 5.74) is 7.86. The minimum absolute atomic E-state index is 0.178. The molecule has 144 valence electrons. The van der Waals surface area contributed by atoms with Crippen molar-refractivity contribution in [1.29, 1.82) is 0 Å². The summed E-state index contributed by atoms with van der Waals surface area (Å²) in [4.78, 5) is 19.9. The molecule has 0 bridgehead atoms. The molecule has 0 radical (unpaired) electrons. The Labute approximate surface area is 165 Å². The molecule has 1 unspecified atom stereocenters. The first-order chi connectivity index (χ1) is 13.2. The fraction of sp³-hybridized carbons (Fsp3) is 0.429. The first-order valence-electron chi connectivity index (χ1n) is 9.59. The summed E-state index contributed by atoms with van der Waals surface area (Å²) < 4.78 is 3.30. The van der Waals surface area contributed by atoms with Crippen LogP contribution in [0.4, 0.5) is 0 Å². The third-order valence-electron chi connectivity index (χ3n) is 5.05. The first kappa shape index (κ1) is 19.9. The van der Waals surface area contributed by atoms with Crippen LogP contribution in [0.25, 0.3) is 11.1 Å². The lowest BCUT2D eigenvalue weighted by Gasteiger charge is -2.33. The van der Waals surface area contributed by atoms with Gasteiger partial charge in [-0.25, -0.2) is 4.72 Å². The Morgan fingerprint density at radius 1 is 1.30 bits per heavy atom. The molecule has 6 heteroatoms. The normalized spacial score (nSPS) is 16.3. The number of aromatic nitrogens is 1. The molecule has 1 aromatic carbocycles. The maximum absolute atomic E-state index is 12.7. The van der Waals surface area contributed by atoms with Gasteiger partial charge in [-0.05, 0) is 74.4 Å². The number of hydrogen-bond donors (Lipinski definition) is 2. The lowest BCUT2D eigenvalue weighted by atomic mass is 9.93. The molecule has 0 saturated carbocycles. The summed E-state index contributed by atoms with van der Waals surface area (Å²) in [6.07, 6.45) is 6.83. The molecule has 2 heterocycles. The highest BCUT2D eigenvalue weighted by Gasteiger charge is 2.25. The van der Waals surface area contributed by atoms with Crippen LogP contribution in [0.5, 0.6) is 0 Å². The van der Waals surface area contributed by atoms with Gasteiger partial charge < -0.3 is 10.6 Å². The summed E-state index contributed by atoms with van der Waals surface area (Å²) in [5, 5.41) is 0. The van der Waals surface area contributed by atoms with Crippen LogP contribution in [0.1, 0.15) is 26.2 Å². The second kappa shape index (κ2) is 9.88. The number of likely N-dealkylation sites (tertiary alicyclic amines) is 1. The summed E-state index contributed by atoms with van der Waals surface area (Å²) in [5.74, 6) is 0.851. The second-order valence-electron chi connectivity index (χ2n) is 7.06. The summed E-state index contributed by atoms with van der Waals surface area (Å²) >= 11 is 1.50. The molecule has 0 aliphatic carbocycles. The van der Waals surface area contributed by atoms with Gasteiger partial charge in [-0.3, -0.25) is 9.78 Å². The Kier molecular flexibility index (Phi) is 7.26. The van der Waals surface area contributed by atoms with E-state index in [0.717, 1.165) is 54.9 Å². The number of rotatable bonds is 7. The van der Waals surface area contributed by atoms with Gasteiger partial charge in [0, 0.05) is 35.9 Å². The van der Waals surface area contributed by atoms with Gasteiger partial charge in [0.1, 0.15) is 0 Å². The van der Waals surface area contributed by atoms with Crippen molar-refractivity contribution in [3.63, 3.8) is 0 Å². The van der Waals surface area contributed by atoms with Gasteiger partial charge in [-0.1, -0.05) is 18.2 Å². The molecule has 1 aliphatic rings. The zero-order valence-electron chi connectivity index (χ0n) is 15.8. The number of carbonyl (C=O) groups is 1. The van der Waals surface area contributed by atoms with Gasteiger partial charge in [-0.15, -0.1) is 0 Å². The number of hydrogen-bond acceptors (Lipinski definition) is 5. The van der Waals surface area contributed by atoms with Crippen molar-refractivity contribution in [2.45, 2.75) is 37.1 Å². The number of piperidine rings is 1. The van der Waals surface area contributed by atoms with Crippen LogP contribution >= 0.6 is 11.9 Å². The Hall–Kier alpha value is -1.89. The topological polar surface area (TPSA) is 71.2 Å². The lowest BCUT2D eigenvalue weighted by Crippen LogP contribution is -2.46. The van der Waals surface area contributed by atoms with Gasteiger partial charge in [0.2, 0.25) is 5.91 Å². The molecule has 5 nitrogen and oxygen atoms in total. The maximum atomic E-state index is 12.7. The minimum Gasteiger partial charge on any atom is -0.341 e. The summed E-state index contributed by atoms with van der Waals surface area (Å²) in [6.45, 7) is 4.37. The Bertz CT molecular complexity index is 732. The van der Waals surface area contributed by atoms with Crippen molar-refractivity contribution in [3.8, 4) is 11.1 Å². The maximum Gasteiger partial charge on any atom is 0.240 e. The van der Waals surface area contributed by atoms with E-state index in [1.807, 2.05) is 42.3 Å². The molecule has 1 saturated heterocycles. The van der Waals surface area contributed by atoms with Crippen molar-refractivity contribution < 1.29 is 4.79 Å². The quantitative estimate of drug-likeness (QED) is 0.717. The molecule has 1 amide bonds. The van der Waals surface area contributed by atoms with Crippen LogP contribution in [0.2, 0.25) is 0 Å². The SMILES string of the molecule is CC(NSc1cccc(-c2cccnc2)c1)C(=O)N1CCC(CCN)CC1. The van der Waals surface area contributed by atoms with E-state index in [1.54, 1.807) is 6.20 Å². The van der Waals surface area contributed by atoms with E-state index >= 15 is 0 Å². The molecule has 27 heavy (non-hydrogen) atoms. The number of pyridine rings is 1. The van der Waals surface area contributed by atoms with Gasteiger partial charge in [0.15, 0.2) is 0 Å². The van der Waals surface area contributed by atoms with Crippen molar-refractivity contribution >= 4 is 17.9 Å². The van der Waals surface area contributed by atoms with Crippen molar-refractivity contribution in [3.05, 3.63) is 48.8 Å². The van der Waals surface area contributed by atoms with Crippen molar-refractivity contribution in [2.24, 2.45) is 11.7 Å². The fourth-order valence-corrected chi connectivity index (χ4v) is 4.18. The van der Waals surface area contributed by atoms with E-state index in [-0.39, 0.29) is 11.9 Å². The number of nitrogens with one attached hydrogen (secondary N) is 1. The number of nitrogens with two attached hydrogens (primary N) is 1. The van der Waals surface area contributed by atoms with E-state index in [4.69, 9.17) is 5.73 Å². The second-order valence-corrected chi connectivity index (χ2v) is 7.97. The van der Waals surface area contributed by atoms with Gasteiger partial charge in [-0.2, -0.15) is 0 Å². The molecule has 1 fully saturated rings. The standard InChI is InChI=1S/C21H28N4OS/c1-16(21(26)25-12-8-17(7-10-22)9-13-25)24-27-20-6-2-4-18(14-20)19-5-3-11-23-15-19/h2-6,11,14-17,24H,7-10,12-13,22H2,1H3. The Morgan fingerprint density at radius 3 is 2.78 bits per heavy atom. The monoisotopic (exact) mass is 384 g/mol. The fourth-order valence-electron chi connectivity index (χ4n) is 3.43. The predicted molar refractivity (Wildman–Crippen MR) is 111 cm³/mol. The van der Waals surface area contributed by atoms with Crippen LogP contribution in [-0.4, -0.2) is 41.5 Å². The summed E-state index contributed by atoms with van der Waals surface area (Å²) in [7, 11) is 0. The number of benzene rings is 1. The third kappa shape index (κ3) is 5.54. The van der Waals surface area contributed by atoms with Gasteiger partial charge >= 0.3 is 0 Å². The molecule has 3 N–H and O–H groups in total. The molecular formula is C21H28N4OS. The zero-order valence-corrected chi connectivity index (χ0v) is 16.6. The Morgan fingerprint density at radius 2 is 2.07 bits per heavy atom. The average Bonchev–Trinajstić information content (AvgIpc) is 2.73. The smallest absolute Gasteiger partial charge is 0.240 e. The van der Waals surface area contributed by atoms with Crippen LogP contribution in [0, 0.1) is 5.92 Å². The van der Waals surface area contributed by atoms with E-state index in [0.29, 0.717) is 5.92 Å². The highest BCUT2D eigenvalue weighted by atomic mass is 32.2. The lowest BCUT2D eigenvalue weighted by molar-refractivity contribution is -0.133. The molecule has 1 aromatic heterocycles. The van der Waals surface area contributed by atoms with Crippen LogP contribution < -0.4 is 10.5 Å². The van der Waals surface area contributed by atoms with E-state index < -0.39 is 0 Å². The zero-order chi connectivity index (χ0) is 19.1. The van der Waals surface area contributed by atoms with Crippen LogP contribution in [0.3, 0.4) is 0 Å². The van der Waals surface area contributed by atoms with E-state index in [1.165, 1.54) is 11.9 Å². The molecule has 3 rings (SSSR count). The number of nitrogens with zero attached hydrogens (tertiary/aromatic N) is 2. The predicted octanol–water partition coefficient (Wildman–Crippen LogP) is 3.32. The highest BCUT2D eigenvalue weighted by molar-refractivity contribution is 7.97. The van der Waals surface area contributed by atoms with Crippen LogP contribution in [0.15, 0.2) is 53.7 Å².